The Balaban J connectivity index is 0.998. The van der Waals surface area contributed by atoms with Crippen LogP contribution in [0.1, 0.15) is 116 Å². The predicted octanol–water partition coefficient (Wildman–Crippen LogP) is 5.93. The molecule has 11 heteroatoms. The number of piperidine rings is 1. The first-order valence-electron chi connectivity index (χ1n) is 21.7. The van der Waals surface area contributed by atoms with Crippen molar-refractivity contribution < 1.29 is 28.8 Å². The molecule has 7 fully saturated rings. The van der Waals surface area contributed by atoms with Gasteiger partial charge in [0.25, 0.3) is 5.91 Å². The third kappa shape index (κ3) is 9.23. The van der Waals surface area contributed by atoms with E-state index < -0.39 is 35.7 Å². The van der Waals surface area contributed by atoms with Gasteiger partial charge in [0, 0.05) is 31.1 Å². The lowest BCUT2D eigenvalue weighted by Gasteiger charge is -2.56. The van der Waals surface area contributed by atoms with Crippen molar-refractivity contribution in [2.75, 3.05) is 6.54 Å². The van der Waals surface area contributed by atoms with Gasteiger partial charge in [-0.1, -0.05) is 75.6 Å². The zero-order valence-corrected chi connectivity index (χ0v) is 33.9. The zero-order valence-electron chi connectivity index (χ0n) is 33.9. The summed E-state index contributed by atoms with van der Waals surface area (Å²) < 4.78 is 0. The fraction of sp³-hybridized carbons (Fsp3) is 0.652. The van der Waals surface area contributed by atoms with Gasteiger partial charge in [-0.2, -0.15) is 0 Å². The standard InChI is InChI=1S/C46H63N5O6/c1-4-5-18-36(40(53)42(55)47-21-12-17-34(52)20-19-29-13-8-6-9-14-29)48-41(54)39-37-35(45(37,2)3)28-51(39)43(56)38(33-15-10-7-11-16-33)49-44(57)50-46-25-30-22-31(26-46)24-32(23-30)27-46/h4,6,8-9,12-14,21,30-33,35-39H,1,5,7,10-11,15-20,22-28H2,2-3H3,(H,47,55)(H,48,54)(H2,49,50,57)/t30?,31?,32?,35-,36?,37-,38-,39-,46?/m0/s1. The van der Waals surface area contributed by atoms with Gasteiger partial charge >= 0.3 is 6.03 Å². The van der Waals surface area contributed by atoms with E-state index in [0.717, 1.165) is 56.9 Å². The smallest absolute Gasteiger partial charge is 0.315 e. The Morgan fingerprint density at radius 3 is 2.23 bits per heavy atom. The number of nitrogens with zero attached hydrogens (tertiary/aromatic N) is 1. The number of carbonyl (C=O) groups excluding carboxylic acids is 6. The molecule has 8 rings (SSSR count). The highest BCUT2D eigenvalue weighted by molar-refractivity contribution is 6.38. The molecule has 4 bridgehead atoms. The van der Waals surface area contributed by atoms with Crippen LogP contribution in [0.4, 0.5) is 4.79 Å². The summed E-state index contributed by atoms with van der Waals surface area (Å²) in [6.07, 6.45) is 17.7. The predicted molar refractivity (Wildman–Crippen MR) is 217 cm³/mol. The maximum Gasteiger partial charge on any atom is 0.315 e. The SMILES string of the molecule is C=CCCC(NC(=O)[C@@H]1[C@@H]2[C@H](CN1C(=O)[C@@H](NC(=O)NC13CC4CC(CC(C4)C1)C3)C1CCCCC1)C2(C)C)C(=O)C(=O)NC=CCC(=O)CCc1ccccc1. The molecule has 4 N–H and O–H groups in total. The Morgan fingerprint density at radius 2 is 1.58 bits per heavy atom. The highest BCUT2D eigenvalue weighted by Gasteiger charge is 2.70. The van der Waals surface area contributed by atoms with Gasteiger partial charge in [0.2, 0.25) is 17.6 Å². The monoisotopic (exact) mass is 781 g/mol. The van der Waals surface area contributed by atoms with Gasteiger partial charge in [-0.25, -0.2) is 4.79 Å². The van der Waals surface area contributed by atoms with Gasteiger partial charge in [-0.15, -0.1) is 6.58 Å². The average molecular weight is 782 g/mol. The Morgan fingerprint density at radius 1 is 0.912 bits per heavy atom. The number of aryl methyl sites for hydroxylation is 1. The maximum atomic E-state index is 14.8. The number of Topliss-reactive ketones (excluding diaryl/α,β-unsaturated/α-hetero) is 2. The van der Waals surface area contributed by atoms with Crippen molar-refractivity contribution in [3.8, 4) is 0 Å². The second kappa shape index (κ2) is 17.3. The first kappa shape index (κ1) is 40.9. The van der Waals surface area contributed by atoms with E-state index in [0.29, 0.717) is 43.6 Å². The van der Waals surface area contributed by atoms with Crippen molar-refractivity contribution in [1.82, 2.24) is 26.2 Å². The molecular weight excluding hydrogens is 719 g/mol. The fourth-order valence-corrected chi connectivity index (χ4v) is 11.9. The average Bonchev–Trinajstić information content (AvgIpc) is 3.48. The summed E-state index contributed by atoms with van der Waals surface area (Å²) in [5.74, 6) is -0.419. The largest absolute Gasteiger partial charge is 0.344 e. The molecule has 0 spiro atoms. The van der Waals surface area contributed by atoms with Crippen LogP contribution in [-0.4, -0.2) is 70.4 Å². The van der Waals surface area contributed by atoms with Gasteiger partial charge in [0.15, 0.2) is 0 Å². The van der Waals surface area contributed by atoms with E-state index in [1.165, 1.54) is 31.5 Å². The van der Waals surface area contributed by atoms with E-state index >= 15 is 0 Å². The summed E-state index contributed by atoms with van der Waals surface area (Å²) in [5, 5.41) is 11.9. The third-order valence-electron chi connectivity index (χ3n) is 14.6. The van der Waals surface area contributed by atoms with Crippen molar-refractivity contribution in [3.05, 3.63) is 60.8 Å². The molecule has 6 aliphatic carbocycles. The number of nitrogens with one attached hydrogen (secondary N) is 4. The molecule has 0 radical (unpaired) electrons. The van der Waals surface area contributed by atoms with Crippen molar-refractivity contribution in [1.29, 1.82) is 0 Å². The molecule has 5 atom stereocenters. The minimum atomic E-state index is -1.13. The molecule has 6 saturated carbocycles. The number of amides is 5. The van der Waals surface area contributed by atoms with Crippen LogP contribution in [0.3, 0.4) is 0 Å². The number of hydrogen-bond acceptors (Lipinski definition) is 6. The molecule has 1 aromatic rings. The van der Waals surface area contributed by atoms with Crippen molar-refractivity contribution in [3.63, 3.8) is 0 Å². The minimum Gasteiger partial charge on any atom is -0.344 e. The van der Waals surface area contributed by atoms with Crippen LogP contribution in [0.2, 0.25) is 0 Å². The topological polar surface area (TPSA) is 154 Å². The summed E-state index contributed by atoms with van der Waals surface area (Å²) in [5.41, 5.74) is 0.696. The lowest BCUT2D eigenvalue weighted by Crippen LogP contribution is -2.64. The Kier molecular flexibility index (Phi) is 12.4. The number of urea groups is 1. The van der Waals surface area contributed by atoms with Crippen molar-refractivity contribution >= 4 is 35.3 Å². The van der Waals surface area contributed by atoms with Crippen molar-refractivity contribution in [2.45, 2.75) is 140 Å². The second-order valence-corrected chi connectivity index (χ2v) is 19.0. The number of benzene rings is 1. The molecule has 1 saturated heterocycles. The molecule has 11 nitrogen and oxygen atoms in total. The lowest BCUT2D eigenvalue weighted by molar-refractivity contribution is -0.144. The van der Waals surface area contributed by atoms with E-state index in [4.69, 9.17) is 0 Å². The number of hydrogen-bond donors (Lipinski definition) is 4. The van der Waals surface area contributed by atoms with Gasteiger partial charge < -0.3 is 26.2 Å². The molecule has 1 aromatic carbocycles. The first-order valence-corrected chi connectivity index (χ1v) is 21.7. The molecule has 1 unspecified atom stereocenters. The third-order valence-corrected chi connectivity index (χ3v) is 14.6. The summed E-state index contributed by atoms with van der Waals surface area (Å²) in [7, 11) is 0. The first-order chi connectivity index (χ1) is 27.4. The summed E-state index contributed by atoms with van der Waals surface area (Å²) in [6.45, 7) is 8.37. The Labute approximate surface area is 338 Å². The maximum absolute atomic E-state index is 14.8. The van der Waals surface area contributed by atoms with Crippen molar-refractivity contribution in [2.24, 2.45) is 40.9 Å². The van der Waals surface area contributed by atoms with Gasteiger partial charge in [0.05, 0.1) is 6.04 Å². The number of allylic oxidation sites excluding steroid dienone is 2. The molecule has 7 aliphatic rings. The Bertz CT molecular complexity index is 1700. The zero-order chi connectivity index (χ0) is 40.3. The normalized spacial score (nSPS) is 30.5. The van der Waals surface area contributed by atoms with E-state index in [9.17, 15) is 28.8 Å². The second-order valence-electron chi connectivity index (χ2n) is 19.0. The summed E-state index contributed by atoms with van der Waals surface area (Å²) >= 11 is 0. The Hall–Kier alpha value is -4.28. The molecule has 5 amide bonds. The van der Waals surface area contributed by atoms with Crippen LogP contribution >= 0.6 is 0 Å². The van der Waals surface area contributed by atoms with Crippen LogP contribution < -0.4 is 21.3 Å². The highest BCUT2D eigenvalue weighted by Crippen LogP contribution is 2.65. The molecule has 57 heavy (non-hydrogen) atoms. The molecule has 308 valence electrons. The van der Waals surface area contributed by atoms with Crippen LogP contribution in [0, 0.1) is 40.9 Å². The quantitative estimate of drug-likeness (QED) is 0.114. The minimum absolute atomic E-state index is 0.00735. The van der Waals surface area contributed by atoms with Crippen LogP contribution in [0.15, 0.2) is 55.3 Å². The van der Waals surface area contributed by atoms with Crippen LogP contribution in [0.5, 0.6) is 0 Å². The van der Waals surface area contributed by atoms with Gasteiger partial charge in [-0.3, -0.25) is 24.0 Å². The number of likely N-dealkylation sites (tertiary alicyclic amines) is 1. The van der Waals surface area contributed by atoms with E-state index in [-0.39, 0.29) is 59.3 Å². The van der Waals surface area contributed by atoms with E-state index in [1.54, 1.807) is 11.0 Å². The van der Waals surface area contributed by atoms with E-state index in [1.807, 2.05) is 30.3 Å². The lowest BCUT2D eigenvalue weighted by atomic mass is 9.53. The highest BCUT2D eigenvalue weighted by atomic mass is 16.2. The number of ketones is 2. The summed E-state index contributed by atoms with van der Waals surface area (Å²) in [4.78, 5) is 83.7. The number of carbonyl (C=O) groups is 6. The van der Waals surface area contributed by atoms with E-state index in [2.05, 4.69) is 41.7 Å². The van der Waals surface area contributed by atoms with Gasteiger partial charge in [-0.05, 0) is 117 Å². The fourth-order valence-electron chi connectivity index (χ4n) is 11.9. The molecule has 0 aromatic heterocycles. The van der Waals surface area contributed by atoms with Crippen LogP contribution in [-0.2, 0) is 30.4 Å². The molecule has 1 aliphatic heterocycles. The molecule has 1 heterocycles. The summed E-state index contributed by atoms with van der Waals surface area (Å²) in [6, 6.07) is 6.73. The molecular formula is C46H63N5O6. The van der Waals surface area contributed by atoms with Gasteiger partial charge in [0.1, 0.15) is 17.9 Å². The number of fused-ring (bicyclic) bond motifs is 1. The van der Waals surface area contributed by atoms with Crippen LogP contribution in [0.25, 0.3) is 0 Å². The number of rotatable bonds is 17.